The van der Waals surface area contributed by atoms with Crippen LogP contribution >= 0.6 is 0 Å². The third-order valence-corrected chi connectivity index (χ3v) is 4.66. The number of esters is 1. The Bertz CT molecular complexity index is 984. The van der Waals surface area contributed by atoms with Crippen LogP contribution in [0.15, 0.2) is 36.4 Å². The number of halogens is 6. The zero-order valence-electron chi connectivity index (χ0n) is 14.3. The topological polar surface area (TPSA) is 69.7 Å². The molecule has 0 N–H and O–H groups in total. The standard InChI is InChI=1S/C17H12F6O5S/c1-2-8-29(25,26)28-11-6-7-12-10(9-11)4-3-5-13(12)14(24)27-15(16(18,19)20)17(21,22)23/h1,3-7,9,15H,2,8H2. The molecule has 2 radical (unpaired) electrons. The van der Waals surface area contributed by atoms with Crippen LogP contribution in [0, 0.1) is 6.92 Å². The summed E-state index contributed by atoms with van der Waals surface area (Å²) in [7, 11) is -4.00. The summed E-state index contributed by atoms with van der Waals surface area (Å²) in [5, 5.41) is 0.0552. The Hall–Kier alpha value is -2.50. The molecule has 0 aliphatic rings. The monoisotopic (exact) mass is 442 g/mol. The summed E-state index contributed by atoms with van der Waals surface area (Å²) in [6.07, 6.45) is -16.2. The van der Waals surface area contributed by atoms with Crippen molar-refractivity contribution in [1.82, 2.24) is 0 Å². The van der Waals surface area contributed by atoms with Gasteiger partial charge in [-0.25, -0.2) is 4.79 Å². The van der Waals surface area contributed by atoms with Crippen LogP contribution in [0.3, 0.4) is 0 Å². The number of fused-ring (bicyclic) bond motifs is 1. The number of hydrogen-bond acceptors (Lipinski definition) is 5. The number of benzene rings is 2. The van der Waals surface area contributed by atoms with Gasteiger partial charge in [0.15, 0.2) is 0 Å². The van der Waals surface area contributed by atoms with E-state index in [0.717, 1.165) is 24.3 Å². The van der Waals surface area contributed by atoms with Gasteiger partial charge in [0.05, 0.1) is 11.3 Å². The molecule has 29 heavy (non-hydrogen) atoms. The number of carbonyl (C=O) groups is 1. The van der Waals surface area contributed by atoms with Gasteiger partial charge in [-0.2, -0.15) is 34.8 Å². The molecule has 12 heteroatoms. The molecule has 0 amide bonds. The summed E-state index contributed by atoms with van der Waals surface area (Å²) in [4.78, 5) is 12.0. The minimum Gasteiger partial charge on any atom is -0.439 e. The van der Waals surface area contributed by atoms with Gasteiger partial charge in [0.2, 0.25) is 0 Å². The molecule has 0 saturated heterocycles. The second kappa shape index (κ2) is 8.09. The van der Waals surface area contributed by atoms with Gasteiger partial charge in [0.25, 0.3) is 6.10 Å². The minimum atomic E-state index is -5.85. The molecule has 0 saturated carbocycles. The molecular formula is C17H12F6O5S. The first-order chi connectivity index (χ1) is 13.2. The van der Waals surface area contributed by atoms with Crippen LogP contribution in [0.1, 0.15) is 16.8 Å². The lowest BCUT2D eigenvalue weighted by molar-refractivity contribution is -0.307. The van der Waals surface area contributed by atoms with E-state index in [1.807, 2.05) is 0 Å². The van der Waals surface area contributed by atoms with E-state index in [0.29, 0.717) is 0 Å². The lowest BCUT2D eigenvalue weighted by Crippen LogP contribution is -2.45. The SMILES string of the molecule is [CH]CCS(=O)(=O)Oc1ccc2c(C(=O)OC(C(F)(F)F)C(F)(F)F)cccc2c1. The Morgan fingerprint density at radius 1 is 1.03 bits per heavy atom. The van der Waals surface area contributed by atoms with Gasteiger partial charge in [0, 0.05) is 0 Å². The van der Waals surface area contributed by atoms with Gasteiger partial charge in [-0.15, -0.1) is 0 Å². The predicted octanol–water partition coefficient (Wildman–Crippen LogP) is 4.30. The van der Waals surface area contributed by atoms with E-state index in [4.69, 9.17) is 11.1 Å². The molecule has 0 aromatic heterocycles. The predicted molar refractivity (Wildman–Crippen MR) is 88.6 cm³/mol. The fourth-order valence-electron chi connectivity index (χ4n) is 2.31. The molecule has 2 rings (SSSR count). The maximum Gasteiger partial charge on any atom is 0.434 e. The molecule has 0 fully saturated rings. The Morgan fingerprint density at radius 3 is 2.21 bits per heavy atom. The highest BCUT2D eigenvalue weighted by Gasteiger charge is 2.60. The van der Waals surface area contributed by atoms with Crippen LogP contribution in [-0.2, 0) is 14.9 Å². The van der Waals surface area contributed by atoms with Crippen molar-refractivity contribution >= 4 is 26.9 Å². The fourth-order valence-corrected chi connectivity index (χ4v) is 3.08. The first kappa shape index (κ1) is 22.8. The average molecular weight is 442 g/mol. The van der Waals surface area contributed by atoms with Crippen LogP contribution in [0.25, 0.3) is 10.8 Å². The van der Waals surface area contributed by atoms with E-state index in [9.17, 15) is 39.6 Å². The molecule has 0 heterocycles. The lowest BCUT2D eigenvalue weighted by Gasteiger charge is -2.23. The van der Waals surface area contributed by atoms with Crippen molar-refractivity contribution in [2.75, 3.05) is 5.75 Å². The summed E-state index contributed by atoms with van der Waals surface area (Å²) in [6, 6.07) is 6.83. The van der Waals surface area contributed by atoms with Crippen molar-refractivity contribution in [2.45, 2.75) is 24.9 Å². The van der Waals surface area contributed by atoms with E-state index in [1.165, 1.54) is 12.1 Å². The number of rotatable bonds is 6. The van der Waals surface area contributed by atoms with Gasteiger partial charge in [-0.1, -0.05) is 12.1 Å². The van der Waals surface area contributed by atoms with E-state index < -0.39 is 45.9 Å². The zero-order valence-corrected chi connectivity index (χ0v) is 15.1. The second-order valence-corrected chi connectivity index (χ2v) is 7.38. The smallest absolute Gasteiger partial charge is 0.434 e. The molecular weight excluding hydrogens is 430 g/mol. The summed E-state index contributed by atoms with van der Waals surface area (Å²) in [5.74, 6) is -2.51. The maximum absolute atomic E-state index is 12.6. The number of carbonyl (C=O) groups excluding carboxylic acids is 1. The van der Waals surface area contributed by atoms with Crippen LogP contribution in [-0.4, -0.2) is 38.6 Å². The highest BCUT2D eigenvalue weighted by molar-refractivity contribution is 7.87. The van der Waals surface area contributed by atoms with Gasteiger partial charge in [0.1, 0.15) is 5.75 Å². The van der Waals surface area contributed by atoms with Gasteiger partial charge in [-0.3, -0.25) is 0 Å². The number of ether oxygens (including phenoxy) is 1. The Balaban J connectivity index is 2.38. The average Bonchev–Trinajstić information content (AvgIpc) is 2.56. The van der Waals surface area contributed by atoms with Crippen molar-refractivity contribution in [2.24, 2.45) is 0 Å². The lowest BCUT2D eigenvalue weighted by atomic mass is 10.0. The molecule has 0 aliphatic carbocycles. The normalized spacial score (nSPS) is 13.0. The fraction of sp³-hybridized carbons (Fsp3) is 0.294. The second-order valence-electron chi connectivity index (χ2n) is 5.69. The number of hydrogen-bond donors (Lipinski definition) is 0. The highest BCUT2D eigenvalue weighted by atomic mass is 32.2. The van der Waals surface area contributed by atoms with Crippen molar-refractivity contribution in [1.29, 1.82) is 0 Å². The molecule has 2 aromatic rings. The first-order valence-electron chi connectivity index (χ1n) is 7.74. The summed E-state index contributed by atoms with van der Waals surface area (Å²) >= 11 is 0. The van der Waals surface area contributed by atoms with E-state index in [-0.39, 0.29) is 22.9 Å². The van der Waals surface area contributed by atoms with Crippen LogP contribution in [0.5, 0.6) is 5.75 Å². The molecule has 0 atom stereocenters. The first-order valence-corrected chi connectivity index (χ1v) is 9.32. The highest BCUT2D eigenvalue weighted by Crippen LogP contribution is 2.36. The zero-order chi connectivity index (χ0) is 22.0. The van der Waals surface area contributed by atoms with Gasteiger partial charge in [-0.05, 0) is 48.4 Å². The maximum atomic E-state index is 12.6. The van der Waals surface area contributed by atoms with Crippen LogP contribution in [0.4, 0.5) is 26.3 Å². The minimum absolute atomic E-state index is 0.0656. The van der Waals surface area contributed by atoms with Crippen molar-refractivity contribution in [3.05, 3.63) is 48.9 Å². The Kier molecular flexibility index (Phi) is 6.36. The molecule has 2 aromatic carbocycles. The number of alkyl halides is 6. The molecule has 0 unspecified atom stereocenters. The quantitative estimate of drug-likeness (QED) is 0.379. The van der Waals surface area contributed by atoms with E-state index in [2.05, 4.69) is 4.74 Å². The Morgan fingerprint density at radius 2 is 1.66 bits per heavy atom. The van der Waals surface area contributed by atoms with Crippen LogP contribution < -0.4 is 4.18 Å². The molecule has 158 valence electrons. The third-order valence-electron chi connectivity index (χ3n) is 3.48. The van der Waals surface area contributed by atoms with E-state index >= 15 is 0 Å². The molecule has 0 spiro atoms. The van der Waals surface area contributed by atoms with Gasteiger partial charge < -0.3 is 8.92 Å². The summed E-state index contributed by atoms with van der Waals surface area (Å²) in [5.41, 5.74) is -0.572. The summed E-state index contributed by atoms with van der Waals surface area (Å²) < 4.78 is 107. The third kappa shape index (κ3) is 5.75. The largest absolute Gasteiger partial charge is 0.439 e. The Labute approximate surface area is 161 Å². The van der Waals surface area contributed by atoms with Gasteiger partial charge >= 0.3 is 28.4 Å². The van der Waals surface area contributed by atoms with E-state index in [1.54, 1.807) is 0 Å². The van der Waals surface area contributed by atoms with Crippen LogP contribution in [0.2, 0.25) is 0 Å². The van der Waals surface area contributed by atoms with Crippen molar-refractivity contribution in [3.8, 4) is 5.75 Å². The molecule has 0 aliphatic heterocycles. The summed E-state index contributed by atoms with van der Waals surface area (Å²) in [6.45, 7) is 5.14. The molecule has 0 bridgehead atoms. The van der Waals surface area contributed by atoms with Crippen molar-refractivity contribution in [3.63, 3.8) is 0 Å². The van der Waals surface area contributed by atoms with Crippen molar-refractivity contribution < 1.29 is 48.5 Å². The molecule has 5 nitrogen and oxygen atoms in total.